The van der Waals surface area contributed by atoms with Crippen LogP contribution in [0.25, 0.3) is 0 Å². The van der Waals surface area contributed by atoms with E-state index in [1.807, 2.05) is 49.0 Å². The molecule has 1 heterocycles. The van der Waals surface area contributed by atoms with Crippen LogP contribution in [-0.4, -0.2) is 21.5 Å². The Bertz CT molecular complexity index is 621. The van der Waals surface area contributed by atoms with E-state index >= 15 is 0 Å². The molecule has 0 aliphatic rings. The summed E-state index contributed by atoms with van der Waals surface area (Å²) in [7, 11) is 1.90. The Kier molecular flexibility index (Phi) is 4.22. The summed E-state index contributed by atoms with van der Waals surface area (Å²) in [5.74, 6) is 6.22. The van der Waals surface area contributed by atoms with Gasteiger partial charge < -0.3 is 9.84 Å². The SMILES string of the molecule is Cc1cc(COc2cccc(C#CCO)c2)n(C)n1. The van der Waals surface area contributed by atoms with Gasteiger partial charge in [-0.05, 0) is 31.2 Å². The second-order valence-corrected chi connectivity index (χ2v) is 4.18. The average molecular weight is 256 g/mol. The summed E-state index contributed by atoms with van der Waals surface area (Å²) in [6.07, 6.45) is 0. The van der Waals surface area contributed by atoms with Gasteiger partial charge in [-0.3, -0.25) is 4.68 Å². The van der Waals surface area contributed by atoms with E-state index in [1.165, 1.54) is 0 Å². The Morgan fingerprint density at radius 2 is 2.21 bits per heavy atom. The number of rotatable bonds is 3. The van der Waals surface area contributed by atoms with Gasteiger partial charge in [-0.1, -0.05) is 17.9 Å². The molecule has 19 heavy (non-hydrogen) atoms. The van der Waals surface area contributed by atoms with Crippen molar-refractivity contribution >= 4 is 0 Å². The molecular formula is C15H16N2O2. The Labute approximate surface area is 112 Å². The van der Waals surface area contributed by atoms with Crippen LogP contribution in [0.2, 0.25) is 0 Å². The molecule has 2 rings (SSSR count). The zero-order valence-electron chi connectivity index (χ0n) is 11.1. The summed E-state index contributed by atoms with van der Waals surface area (Å²) in [5.41, 5.74) is 2.82. The first-order valence-corrected chi connectivity index (χ1v) is 6.01. The molecule has 4 heteroatoms. The summed E-state index contributed by atoms with van der Waals surface area (Å²) in [6.45, 7) is 2.28. The highest BCUT2D eigenvalue weighted by molar-refractivity contribution is 5.39. The van der Waals surface area contributed by atoms with Crippen molar-refractivity contribution in [3.05, 3.63) is 47.3 Å². The van der Waals surface area contributed by atoms with Crippen LogP contribution in [0.5, 0.6) is 5.75 Å². The average Bonchev–Trinajstić information content (AvgIpc) is 2.73. The standard InChI is InChI=1S/C15H16N2O2/c1-12-9-14(17(2)16-12)11-19-15-7-3-5-13(10-15)6-4-8-18/h3,5,7,9-10,18H,8,11H2,1-2H3. The minimum atomic E-state index is -0.140. The number of benzene rings is 1. The number of aromatic nitrogens is 2. The normalized spacial score (nSPS) is 9.84. The predicted octanol–water partition coefficient (Wildman–Crippen LogP) is 1.65. The van der Waals surface area contributed by atoms with Gasteiger partial charge in [0.15, 0.2) is 0 Å². The molecule has 0 atom stereocenters. The molecule has 0 spiro atoms. The number of hydrogen-bond acceptors (Lipinski definition) is 3. The Morgan fingerprint density at radius 1 is 1.37 bits per heavy atom. The van der Waals surface area contributed by atoms with Gasteiger partial charge >= 0.3 is 0 Å². The molecule has 0 saturated carbocycles. The molecule has 0 aliphatic heterocycles. The highest BCUT2D eigenvalue weighted by Crippen LogP contribution is 2.14. The largest absolute Gasteiger partial charge is 0.487 e. The molecule has 0 saturated heterocycles. The monoisotopic (exact) mass is 256 g/mol. The summed E-state index contributed by atoms with van der Waals surface area (Å²) in [6, 6.07) is 9.49. The molecule has 0 unspecified atom stereocenters. The van der Waals surface area contributed by atoms with Gasteiger partial charge in [-0.2, -0.15) is 5.10 Å². The summed E-state index contributed by atoms with van der Waals surface area (Å²) < 4.78 is 7.53. The lowest BCUT2D eigenvalue weighted by atomic mass is 10.2. The highest BCUT2D eigenvalue weighted by Gasteiger charge is 2.03. The Hall–Kier alpha value is -2.25. The Morgan fingerprint density at radius 3 is 2.89 bits per heavy atom. The maximum Gasteiger partial charge on any atom is 0.130 e. The lowest BCUT2D eigenvalue weighted by molar-refractivity contribution is 0.295. The number of aryl methyl sites for hydroxylation is 2. The number of hydrogen-bond donors (Lipinski definition) is 1. The van der Waals surface area contributed by atoms with Crippen molar-refractivity contribution in [3.63, 3.8) is 0 Å². The van der Waals surface area contributed by atoms with Crippen molar-refractivity contribution in [2.45, 2.75) is 13.5 Å². The lowest BCUT2D eigenvalue weighted by Gasteiger charge is -2.06. The topological polar surface area (TPSA) is 47.3 Å². The summed E-state index contributed by atoms with van der Waals surface area (Å²) in [5, 5.41) is 12.9. The first kappa shape index (κ1) is 13.2. The van der Waals surface area contributed by atoms with Gasteiger partial charge in [-0.25, -0.2) is 0 Å². The van der Waals surface area contributed by atoms with Crippen LogP contribution in [0.3, 0.4) is 0 Å². The number of aliphatic hydroxyl groups excluding tert-OH is 1. The Balaban J connectivity index is 2.05. The van der Waals surface area contributed by atoms with Gasteiger partial charge in [0.1, 0.15) is 19.0 Å². The molecule has 1 N–H and O–H groups in total. The van der Waals surface area contributed by atoms with Crippen molar-refractivity contribution in [1.82, 2.24) is 9.78 Å². The second kappa shape index (κ2) is 6.07. The quantitative estimate of drug-likeness (QED) is 0.849. The molecule has 0 aliphatic carbocycles. The van der Waals surface area contributed by atoms with E-state index in [0.717, 1.165) is 22.7 Å². The summed E-state index contributed by atoms with van der Waals surface area (Å²) >= 11 is 0. The highest BCUT2D eigenvalue weighted by atomic mass is 16.5. The van der Waals surface area contributed by atoms with Crippen LogP contribution in [0.1, 0.15) is 17.0 Å². The van der Waals surface area contributed by atoms with E-state index in [0.29, 0.717) is 6.61 Å². The molecule has 98 valence electrons. The minimum Gasteiger partial charge on any atom is -0.487 e. The molecule has 4 nitrogen and oxygen atoms in total. The van der Waals surface area contributed by atoms with Crippen LogP contribution in [0.15, 0.2) is 30.3 Å². The maximum atomic E-state index is 8.67. The van der Waals surface area contributed by atoms with E-state index in [9.17, 15) is 0 Å². The third-order valence-corrected chi connectivity index (χ3v) is 2.63. The molecule has 0 amide bonds. The molecule has 1 aromatic heterocycles. The van der Waals surface area contributed by atoms with Gasteiger partial charge in [0.2, 0.25) is 0 Å². The fourth-order valence-corrected chi connectivity index (χ4v) is 1.76. The van der Waals surface area contributed by atoms with Crippen LogP contribution in [-0.2, 0) is 13.7 Å². The first-order valence-electron chi connectivity index (χ1n) is 6.01. The fourth-order valence-electron chi connectivity index (χ4n) is 1.76. The van der Waals surface area contributed by atoms with Crippen LogP contribution in [0, 0.1) is 18.8 Å². The third-order valence-electron chi connectivity index (χ3n) is 2.63. The van der Waals surface area contributed by atoms with Crippen molar-refractivity contribution < 1.29 is 9.84 Å². The zero-order valence-corrected chi connectivity index (χ0v) is 11.1. The molecule has 0 radical (unpaired) electrons. The third kappa shape index (κ3) is 3.60. The van der Waals surface area contributed by atoms with Crippen molar-refractivity contribution in [1.29, 1.82) is 0 Å². The van der Waals surface area contributed by atoms with Gasteiger partial charge in [0.05, 0.1) is 11.4 Å². The number of aliphatic hydroxyl groups is 1. The molecular weight excluding hydrogens is 240 g/mol. The van der Waals surface area contributed by atoms with Gasteiger partial charge in [-0.15, -0.1) is 0 Å². The number of ether oxygens (including phenoxy) is 1. The molecule has 0 bridgehead atoms. The lowest BCUT2D eigenvalue weighted by Crippen LogP contribution is -2.03. The smallest absolute Gasteiger partial charge is 0.130 e. The molecule has 2 aromatic rings. The summed E-state index contributed by atoms with van der Waals surface area (Å²) in [4.78, 5) is 0. The van der Waals surface area contributed by atoms with Crippen LogP contribution < -0.4 is 4.74 Å². The van der Waals surface area contributed by atoms with Crippen molar-refractivity contribution in [3.8, 4) is 17.6 Å². The van der Waals surface area contributed by atoms with E-state index in [4.69, 9.17) is 9.84 Å². The molecule has 0 fully saturated rings. The second-order valence-electron chi connectivity index (χ2n) is 4.18. The van der Waals surface area contributed by atoms with Gasteiger partial charge in [0, 0.05) is 12.6 Å². The predicted molar refractivity (Wildman–Crippen MR) is 72.7 cm³/mol. The zero-order chi connectivity index (χ0) is 13.7. The van der Waals surface area contributed by atoms with E-state index < -0.39 is 0 Å². The van der Waals surface area contributed by atoms with E-state index in [2.05, 4.69) is 16.9 Å². The van der Waals surface area contributed by atoms with Crippen molar-refractivity contribution in [2.75, 3.05) is 6.61 Å². The van der Waals surface area contributed by atoms with Crippen LogP contribution >= 0.6 is 0 Å². The van der Waals surface area contributed by atoms with Gasteiger partial charge in [0.25, 0.3) is 0 Å². The van der Waals surface area contributed by atoms with Crippen LogP contribution in [0.4, 0.5) is 0 Å². The number of nitrogens with zero attached hydrogens (tertiary/aromatic N) is 2. The van der Waals surface area contributed by atoms with Crippen molar-refractivity contribution in [2.24, 2.45) is 7.05 Å². The molecule has 1 aromatic carbocycles. The maximum absolute atomic E-state index is 8.67. The van der Waals surface area contributed by atoms with E-state index in [1.54, 1.807) is 0 Å². The minimum absolute atomic E-state index is 0.140. The first-order chi connectivity index (χ1) is 9.19. The van der Waals surface area contributed by atoms with E-state index in [-0.39, 0.29) is 6.61 Å². The fraction of sp³-hybridized carbons (Fsp3) is 0.267.